The van der Waals surface area contributed by atoms with E-state index >= 15 is 0 Å². The first-order valence-corrected chi connectivity index (χ1v) is 6.68. The highest BCUT2D eigenvalue weighted by Gasteiger charge is 2.10. The van der Waals surface area contributed by atoms with Crippen molar-refractivity contribution in [1.29, 1.82) is 0 Å². The number of nitrogens with one attached hydrogen (secondary N) is 1. The van der Waals surface area contributed by atoms with Crippen LogP contribution < -0.4 is 5.32 Å². The lowest BCUT2D eigenvalue weighted by Crippen LogP contribution is -2.17. The molecule has 4 heteroatoms. The molecule has 0 bridgehead atoms. The molecule has 1 aromatic carbocycles. The fraction of sp³-hybridized carbons (Fsp3) is 0.462. The first kappa shape index (κ1) is 16.3. The third-order valence-corrected chi connectivity index (χ3v) is 2.66. The van der Waals surface area contributed by atoms with Gasteiger partial charge in [0.15, 0.2) is 5.17 Å². The number of para-hydroxylation sites is 1. The quantitative estimate of drug-likeness (QED) is 0.580. The van der Waals surface area contributed by atoms with Crippen molar-refractivity contribution in [2.45, 2.75) is 33.7 Å². The van der Waals surface area contributed by atoms with Crippen LogP contribution >= 0.6 is 23.4 Å². The van der Waals surface area contributed by atoms with Crippen molar-refractivity contribution in [3.63, 3.8) is 0 Å². The summed E-state index contributed by atoms with van der Waals surface area (Å²) in [6.45, 7) is 6.20. The monoisotopic (exact) mass is 272 g/mol. The van der Waals surface area contributed by atoms with Gasteiger partial charge in [0.2, 0.25) is 0 Å². The van der Waals surface area contributed by atoms with Gasteiger partial charge in [-0.25, -0.2) is 0 Å². The van der Waals surface area contributed by atoms with Gasteiger partial charge in [-0.15, -0.1) is 0 Å². The molecule has 96 valence electrons. The molecule has 0 radical (unpaired) electrons. The van der Waals surface area contributed by atoms with Crippen LogP contribution in [0.1, 0.15) is 28.2 Å². The Morgan fingerprint density at radius 1 is 1.29 bits per heavy atom. The van der Waals surface area contributed by atoms with Gasteiger partial charge in [0, 0.05) is 0 Å². The fourth-order valence-electron chi connectivity index (χ4n) is 1.11. The number of rotatable bonds is 1. The predicted octanol–water partition coefficient (Wildman–Crippen LogP) is 4.91. The zero-order chi connectivity index (χ0) is 12.2. The molecule has 0 aliphatic carbocycles. The number of hydrogen-bond donors (Lipinski definition) is 1. The van der Waals surface area contributed by atoms with Crippen LogP contribution in [0.3, 0.4) is 0 Å². The lowest BCUT2D eigenvalue weighted by atomic mass is 10.1. The summed E-state index contributed by atoms with van der Waals surface area (Å²) in [6.07, 6.45) is 1.99. The number of halogens is 1. The third-order valence-electron chi connectivity index (χ3n) is 1.75. The highest BCUT2D eigenvalue weighted by Crippen LogP contribution is 2.22. The third kappa shape index (κ3) is 5.99. The van der Waals surface area contributed by atoms with Gasteiger partial charge >= 0.3 is 0 Å². The zero-order valence-electron chi connectivity index (χ0n) is 10.0. The second-order valence-electron chi connectivity index (χ2n) is 4.40. The predicted molar refractivity (Wildman–Crippen MR) is 82.5 cm³/mol. The molecule has 0 amide bonds. The topological polar surface area (TPSA) is 24.4 Å². The van der Waals surface area contributed by atoms with E-state index in [1.807, 2.05) is 30.5 Å². The van der Waals surface area contributed by atoms with Gasteiger partial charge in [0.25, 0.3) is 0 Å². The van der Waals surface area contributed by atoms with Crippen LogP contribution in [0.2, 0.25) is 5.02 Å². The van der Waals surface area contributed by atoms with Gasteiger partial charge in [0.1, 0.15) is 0 Å². The van der Waals surface area contributed by atoms with Gasteiger partial charge in [-0.2, -0.15) is 0 Å². The molecule has 1 aromatic rings. The van der Waals surface area contributed by atoms with Crippen LogP contribution in [0.5, 0.6) is 0 Å². The van der Waals surface area contributed by atoms with E-state index in [1.165, 1.54) is 0 Å². The molecular weight excluding hydrogens is 252 g/mol. The standard InChI is InChI=1S/C12H17ClN2S.CH4/c1-12(2,3)15-11(16-4)14-10-8-6-5-7-9(10)13;/h5-8H,1-4H3,(H,14,15);1H4. The van der Waals surface area contributed by atoms with Crippen molar-refractivity contribution in [1.82, 2.24) is 0 Å². The molecule has 0 saturated carbocycles. The highest BCUT2D eigenvalue weighted by atomic mass is 35.5. The van der Waals surface area contributed by atoms with E-state index in [2.05, 4.69) is 31.1 Å². The number of thioether (sulfide) groups is 1. The van der Waals surface area contributed by atoms with Crippen molar-refractivity contribution in [3.05, 3.63) is 29.3 Å². The maximum atomic E-state index is 6.07. The number of amidine groups is 1. The smallest absolute Gasteiger partial charge is 0.161 e. The van der Waals surface area contributed by atoms with Crippen LogP contribution in [0.15, 0.2) is 29.3 Å². The van der Waals surface area contributed by atoms with E-state index in [-0.39, 0.29) is 13.0 Å². The van der Waals surface area contributed by atoms with Crippen LogP contribution in [0.25, 0.3) is 0 Å². The van der Waals surface area contributed by atoms with Crippen molar-refractivity contribution < 1.29 is 0 Å². The van der Waals surface area contributed by atoms with Crippen molar-refractivity contribution >= 4 is 34.2 Å². The van der Waals surface area contributed by atoms with E-state index < -0.39 is 0 Å². The number of aliphatic imine (C=N–C) groups is 1. The number of hydrogen-bond acceptors (Lipinski definition) is 2. The molecule has 1 rings (SSSR count). The second kappa shape index (κ2) is 6.92. The van der Waals surface area contributed by atoms with Crippen LogP contribution in [-0.4, -0.2) is 17.0 Å². The van der Waals surface area contributed by atoms with Gasteiger partial charge in [-0.3, -0.25) is 4.99 Å². The van der Waals surface area contributed by atoms with Gasteiger partial charge in [-0.1, -0.05) is 42.9 Å². The molecule has 1 N–H and O–H groups in total. The maximum Gasteiger partial charge on any atom is 0.161 e. The van der Waals surface area contributed by atoms with E-state index in [1.54, 1.807) is 11.8 Å². The Morgan fingerprint density at radius 2 is 1.88 bits per heavy atom. The number of anilines is 1. The van der Waals surface area contributed by atoms with Gasteiger partial charge in [-0.05, 0) is 39.2 Å². The van der Waals surface area contributed by atoms with Gasteiger partial charge < -0.3 is 5.32 Å². The summed E-state index contributed by atoms with van der Waals surface area (Å²) in [5.41, 5.74) is 0.800. The molecule has 0 fully saturated rings. The highest BCUT2D eigenvalue weighted by molar-refractivity contribution is 8.13. The average molecular weight is 273 g/mol. The molecule has 2 nitrogen and oxygen atoms in total. The number of benzene rings is 1. The summed E-state index contributed by atoms with van der Waals surface area (Å²) in [5.74, 6) is 0. The first-order valence-electron chi connectivity index (χ1n) is 5.08. The minimum absolute atomic E-state index is 0. The Balaban J connectivity index is 0.00000256. The summed E-state index contributed by atoms with van der Waals surface area (Å²) in [7, 11) is 0. The Labute approximate surface area is 114 Å². The van der Waals surface area contributed by atoms with Crippen molar-refractivity contribution in [2.24, 2.45) is 4.99 Å². The molecule has 0 spiro atoms. The van der Waals surface area contributed by atoms with Crippen molar-refractivity contribution in [3.8, 4) is 0 Å². The van der Waals surface area contributed by atoms with Gasteiger partial charge in [0.05, 0.1) is 16.2 Å². The Bertz CT molecular complexity index is 383. The molecular formula is C13H21ClN2S. The van der Waals surface area contributed by atoms with Crippen LogP contribution in [0, 0.1) is 0 Å². The molecule has 0 unspecified atom stereocenters. The summed E-state index contributed by atoms with van der Waals surface area (Å²) in [4.78, 5) is 4.57. The van der Waals surface area contributed by atoms with Crippen LogP contribution in [-0.2, 0) is 0 Å². The molecule has 0 aliphatic heterocycles. The van der Waals surface area contributed by atoms with E-state index in [9.17, 15) is 0 Å². The average Bonchev–Trinajstić information content (AvgIpc) is 2.18. The van der Waals surface area contributed by atoms with E-state index in [4.69, 9.17) is 11.6 Å². The Kier molecular flexibility index (Phi) is 6.65. The second-order valence-corrected chi connectivity index (χ2v) is 5.60. The molecule has 17 heavy (non-hydrogen) atoms. The maximum absolute atomic E-state index is 6.07. The summed E-state index contributed by atoms with van der Waals surface area (Å²) in [5, 5.41) is 4.82. The Hall–Kier alpha value is -0.670. The molecule has 0 aromatic heterocycles. The molecule has 0 atom stereocenters. The normalized spacial score (nSPS) is 11.9. The fourth-order valence-corrected chi connectivity index (χ4v) is 1.87. The lowest BCUT2D eigenvalue weighted by molar-refractivity contribution is 0.585. The first-order chi connectivity index (χ1) is 7.42. The number of nitrogens with zero attached hydrogens (tertiary/aromatic N) is 1. The largest absolute Gasteiger partial charge is 0.334 e. The molecule has 0 heterocycles. The SMILES string of the molecule is C.CSC(=NC(C)(C)C)Nc1ccccc1Cl. The lowest BCUT2D eigenvalue weighted by Gasteiger charge is -2.16. The summed E-state index contributed by atoms with van der Waals surface area (Å²) < 4.78 is 0. The molecule has 0 aliphatic rings. The van der Waals surface area contributed by atoms with Crippen molar-refractivity contribution in [2.75, 3.05) is 11.6 Å². The summed E-state index contributed by atoms with van der Waals surface area (Å²) >= 11 is 7.65. The van der Waals surface area contributed by atoms with E-state index in [0.29, 0.717) is 5.02 Å². The minimum Gasteiger partial charge on any atom is -0.334 e. The van der Waals surface area contributed by atoms with E-state index in [0.717, 1.165) is 10.9 Å². The van der Waals surface area contributed by atoms with Crippen LogP contribution in [0.4, 0.5) is 5.69 Å². The Morgan fingerprint density at radius 3 is 2.35 bits per heavy atom. The zero-order valence-corrected chi connectivity index (χ0v) is 11.6. The minimum atomic E-state index is -0.0907. The molecule has 0 saturated heterocycles. The summed E-state index contributed by atoms with van der Waals surface area (Å²) in [6, 6.07) is 7.66.